The number of halogens is 1. The van der Waals surface area contributed by atoms with Gasteiger partial charge in [-0.3, -0.25) is 4.72 Å². The van der Waals surface area contributed by atoms with Gasteiger partial charge in [-0.05, 0) is 36.8 Å². The molecule has 0 radical (unpaired) electrons. The highest BCUT2D eigenvalue weighted by Gasteiger charge is 2.20. The van der Waals surface area contributed by atoms with Gasteiger partial charge in [-0.15, -0.1) is 0 Å². The number of hydrogen-bond donors (Lipinski definition) is 1. The van der Waals surface area contributed by atoms with Gasteiger partial charge in [0.15, 0.2) is 0 Å². The summed E-state index contributed by atoms with van der Waals surface area (Å²) in [5.41, 5.74) is 2.33. The molecule has 3 aromatic rings. The lowest BCUT2D eigenvalue weighted by Crippen LogP contribution is -2.47. The fourth-order valence-corrected chi connectivity index (χ4v) is 4.59. The van der Waals surface area contributed by atoms with Crippen molar-refractivity contribution in [3.8, 4) is 0 Å². The summed E-state index contributed by atoms with van der Waals surface area (Å²) >= 11 is 6.05. The van der Waals surface area contributed by atoms with Crippen LogP contribution in [0, 0.1) is 6.92 Å². The van der Waals surface area contributed by atoms with E-state index in [1.165, 1.54) is 30.2 Å². The summed E-state index contributed by atoms with van der Waals surface area (Å²) in [6, 6.07) is 14.9. The molecule has 0 amide bonds. The van der Waals surface area contributed by atoms with E-state index in [0.717, 1.165) is 31.7 Å². The Balaban J connectivity index is 1.40. The number of nitrogens with zero attached hydrogens (tertiary/aromatic N) is 4. The third-order valence-electron chi connectivity index (χ3n) is 5.03. The van der Waals surface area contributed by atoms with E-state index in [1.807, 2.05) is 25.1 Å². The molecule has 30 heavy (non-hydrogen) atoms. The molecule has 2 aromatic carbocycles. The number of nitrogens with one attached hydrogen (secondary N) is 1. The van der Waals surface area contributed by atoms with Crippen LogP contribution in [0.25, 0.3) is 0 Å². The monoisotopic (exact) mass is 443 g/mol. The second-order valence-electron chi connectivity index (χ2n) is 7.10. The molecule has 1 aromatic heterocycles. The molecule has 0 bridgehead atoms. The SMILES string of the molecule is Cc1ccc(S(=O)(=O)Nc2cnc(N3CCN(c4ccccc4)CC3)nc2)cc1Cl. The highest BCUT2D eigenvalue weighted by Crippen LogP contribution is 2.23. The molecule has 1 aliphatic heterocycles. The van der Waals surface area contributed by atoms with Crippen molar-refractivity contribution < 1.29 is 8.42 Å². The third kappa shape index (κ3) is 4.49. The van der Waals surface area contributed by atoms with Crippen LogP contribution in [0.2, 0.25) is 5.02 Å². The highest BCUT2D eigenvalue weighted by molar-refractivity contribution is 7.92. The maximum atomic E-state index is 12.6. The van der Waals surface area contributed by atoms with Gasteiger partial charge in [0.25, 0.3) is 10.0 Å². The first-order valence-electron chi connectivity index (χ1n) is 9.58. The number of benzene rings is 2. The number of piperazine rings is 1. The average molecular weight is 444 g/mol. The van der Waals surface area contributed by atoms with Crippen LogP contribution in [0.4, 0.5) is 17.3 Å². The summed E-state index contributed by atoms with van der Waals surface area (Å²) in [6.07, 6.45) is 2.97. The molecular formula is C21H22ClN5O2S. The Morgan fingerprint density at radius 1 is 0.933 bits per heavy atom. The van der Waals surface area contributed by atoms with E-state index < -0.39 is 10.0 Å². The number of aromatic nitrogens is 2. The third-order valence-corrected chi connectivity index (χ3v) is 6.81. The van der Waals surface area contributed by atoms with Gasteiger partial charge in [0.05, 0.1) is 23.0 Å². The minimum atomic E-state index is -3.76. The minimum Gasteiger partial charge on any atom is -0.368 e. The highest BCUT2D eigenvalue weighted by atomic mass is 35.5. The van der Waals surface area contributed by atoms with Crippen LogP contribution in [0.15, 0.2) is 65.8 Å². The maximum Gasteiger partial charge on any atom is 0.262 e. The lowest BCUT2D eigenvalue weighted by atomic mass is 10.2. The van der Waals surface area contributed by atoms with Gasteiger partial charge in [0.2, 0.25) is 5.95 Å². The smallest absolute Gasteiger partial charge is 0.262 e. The van der Waals surface area contributed by atoms with Gasteiger partial charge in [-0.1, -0.05) is 35.9 Å². The van der Waals surface area contributed by atoms with Crippen LogP contribution in [0.5, 0.6) is 0 Å². The van der Waals surface area contributed by atoms with E-state index >= 15 is 0 Å². The Bertz CT molecular complexity index is 1120. The molecule has 0 saturated carbocycles. The summed E-state index contributed by atoms with van der Waals surface area (Å²) in [4.78, 5) is 13.2. The topological polar surface area (TPSA) is 78.4 Å². The first-order valence-corrected chi connectivity index (χ1v) is 11.4. The number of rotatable bonds is 5. The predicted molar refractivity (Wildman–Crippen MR) is 120 cm³/mol. The molecule has 0 unspecified atom stereocenters. The van der Waals surface area contributed by atoms with Gasteiger partial charge in [-0.2, -0.15) is 0 Å². The van der Waals surface area contributed by atoms with E-state index in [2.05, 4.69) is 36.6 Å². The van der Waals surface area contributed by atoms with Crippen molar-refractivity contribution in [3.05, 3.63) is 71.5 Å². The molecule has 0 atom stereocenters. The van der Waals surface area contributed by atoms with Crippen LogP contribution in [0.1, 0.15) is 5.56 Å². The van der Waals surface area contributed by atoms with Crippen LogP contribution < -0.4 is 14.5 Å². The largest absolute Gasteiger partial charge is 0.368 e. The Hall–Kier alpha value is -2.84. The van der Waals surface area contributed by atoms with Crippen molar-refractivity contribution in [2.24, 2.45) is 0 Å². The molecule has 0 aliphatic carbocycles. The van der Waals surface area contributed by atoms with Gasteiger partial charge >= 0.3 is 0 Å². The van der Waals surface area contributed by atoms with E-state index in [-0.39, 0.29) is 4.90 Å². The van der Waals surface area contributed by atoms with Crippen molar-refractivity contribution in [2.75, 3.05) is 40.7 Å². The van der Waals surface area contributed by atoms with Crippen molar-refractivity contribution in [3.63, 3.8) is 0 Å². The molecule has 7 nitrogen and oxygen atoms in total. The Morgan fingerprint density at radius 3 is 2.20 bits per heavy atom. The number of sulfonamides is 1. The zero-order valence-electron chi connectivity index (χ0n) is 16.5. The first kappa shape index (κ1) is 20.4. The fourth-order valence-electron chi connectivity index (χ4n) is 3.30. The zero-order valence-corrected chi connectivity index (χ0v) is 18.1. The molecule has 4 rings (SSSR count). The lowest BCUT2D eigenvalue weighted by molar-refractivity contribution is 0.601. The van der Waals surface area contributed by atoms with Crippen LogP contribution >= 0.6 is 11.6 Å². The average Bonchev–Trinajstić information content (AvgIpc) is 2.77. The maximum absolute atomic E-state index is 12.6. The molecule has 156 valence electrons. The Labute approximate surface area is 181 Å². The van der Waals surface area contributed by atoms with Gasteiger partial charge in [0.1, 0.15) is 0 Å². The summed E-state index contributed by atoms with van der Waals surface area (Å²) in [5, 5.41) is 0.402. The normalized spacial score (nSPS) is 14.6. The molecule has 1 saturated heterocycles. The zero-order chi connectivity index (χ0) is 21.1. The molecule has 0 spiro atoms. The lowest BCUT2D eigenvalue weighted by Gasteiger charge is -2.36. The molecule has 1 fully saturated rings. The van der Waals surface area contributed by atoms with Crippen molar-refractivity contribution >= 4 is 38.9 Å². The Morgan fingerprint density at radius 2 is 1.57 bits per heavy atom. The summed E-state index contributed by atoms with van der Waals surface area (Å²) in [7, 11) is -3.76. The van der Waals surface area contributed by atoms with E-state index in [9.17, 15) is 8.42 Å². The summed E-state index contributed by atoms with van der Waals surface area (Å²) in [6.45, 7) is 5.15. The second-order valence-corrected chi connectivity index (χ2v) is 9.19. The molecule has 2 heterocycles. The van der Waals surface area contributed by atoms with E-state index in [4.69, 9.17) is 11.6 Å². The predicted octanol–water partition coefficient (Wildman–Crippen LogP) is 3.57. The summed E-state index contributed by atoms with van der Waals surface area (Å²) < 4.78 is 27.7. The van der Waals surface area contributed by atoms with E-state index in [0.29, 0.717) is 16.7 Å². The van der Waals surface area contributed by atoms with Gasteiger partial charge in [0, 0.05) is 36.9 Å². The molecule has 1 N–H and O–H groups in total. The van der Waals surface area contributed by atoms with Crippen molar-refractivity contribution in [1.29, 1.82) is 0 Å². The number of para-hydroxylation sites is 1. The fraction of sp³-hybridized carbons (Fsp3) is 0.238. The van der Waals surface area contributed by atoms with Crippen LogP contribution in [-0.4, -0.2) is 44.6 Å². The Kier molecular flexibility index (Phi) is 5.78. The van der Waals surface area contributed by atoms with E-state index in [1.54, 1.807) is 6.07 Å². The first-order chi connectivity index (χ1) is 14.4. The molecule has 9 heteroatoms. The standard InChI is InChI=1S/C21H22ClN5O2S/c1-16-7-8-19(13-20(16)22)30(28,29)25-17-14-23-21(24-15-17)27-11-9-26(10-12-27)18-5-3-2-4-6-18/h2-8,13-15,25H,9-12H2,1H3. The van der Waals surface area contributed by atoms with Crippen molar-refractivity contribution in [1.82, 2.24) is 9.97 Å². The summed E-state index contributed by atoms with van der Waals surface area (Å²) in [5.74, 6) is 0.587. The molecular weight excluding hydrogens is 422 g/mol. The molecule has 1 aliphatic rings. The number of aryl methyl sites for hydroxylation is 1. The number of anilines is 3. The van der Waals surface area contributed by atoms with Crippen molar-refractivity contribution in [2.45, 2.75) is 11.8 Å². The minimum absolute atomic E-state index is 0.0965. The van der Waals surface area contributed by atoms with Crippen LogP contribution in [-0.2, 0) is 10.0 Å². The number of hydrogen-bond acceptors (Lipinski definition) is 6. The van der Waals surface area contributed by atoms with Gasteiger partial charge in [-0.25, -0.2) is 18.4 Å². The van der Waals surface area contributed by atoms with Crippen LogP contribution in [0.3, 0.4) is 0 Å². The van der Waals surface area contributed by atoms with Gasteiger partial charge < -0.3 is 9.80 Å². The quantitative estimate of drug-likeness (QED) is 0.649. The second kappa shape index (κ2) is 8.49.